The Bertz CT molecular complexity index is 880. The number of anilines is 1. The van der Waals surface area contributed by atoms with Gasteiger partial charge in [0.2, 0.25) is 5.82 Å². The van der Waals surface area contributed by atoms with Gasteiger partial charge in [0.1, 0.15) is 11.6 Å². The molecule has 2 N–H and O–H groups in total. The molecule has 13 heteroatoms. The lowest BCUT2D eigenvalue weighted by Crippen LogP contribution is -2.52. The summed E-state index contributed by atoms with van der Waals surface area (Å²) in [4.78, 5) is 0. The average molecular weight is 377 g/mol. The number of H-pyrrole nitrogens is 1. The Hall–Kier alpha value is -3.07. The average Bonchev–Trinajstić information content (AvgIpc) is 3.04. The van der Waals surface area contributed by atoms with E-state index in [4.69, 9.17) is 16.9 Å². The van der Waals surface area contributed by atoms with Gasteiger partial charge in [0.25, 0.3) is 0 Å². The van der Waals surface area contributed by atoms with Gasteiger partial charge >= 0.3 is 12.2 Å². The minimum absolute atomic E-state index is 0.0127. The molecular formula is C12H5ClF4N6O2. The van der Waals surface area contributed by atoms with Crippen LogP contribution in [0.15, 0.2) is 18.3 Å². The predicted molar refractivity (Wildman–Crippen MR) is 74.0 cm³/mol. The van der Waals surface area contributed by atoms with Crippen LogP contribution in [0.1, 0.15) is 5.82 Å². The molecule has 2 heterocycles. The van der Waals surface area contributed by atoms with Crippen LogP contribution < -0.4 is 14.8 Å². The summed E-state index contributed by atoms with van der Waals surface area (Å²) in [5.41, 5.74) is -0.0714. The Morgan fingerprint density at radius 1 is 1.24 bits per heavy atom. The highest BCUT2D eigenvalue weighted by Gasteiger charge is 2.66. The van der Waals surface area contributed by atoms with E-state index in [2.05, 4.69) is 35.4 Å². The van der Waals surface area contributed by atoms with Crippen LogP contribution in [-0.4, -0.2) is 32.8 Å². The second-order valence-corrected chi connectivity index (χ2v) is 4.97. The van der Waals surface area contributed by atoms with E-state index >= 15 is 0 Å². The molecule has 0 spiro atoms. The molecule has 0 unspecified atom stereocenters. The maximum absolute atomic E-state index is 13.2. The summed E-state index contributed by atoms with van der Waals surface area (Å²) < 4.78 is 60.6. The van der Waals surface area contributed by atoms with Crippen molar-refractivity contribution < 1.29 is 27.0 Å². The summed E-state index contributed by atoms with van der Waals surface area (Å²) in [6, 6.07) is 3.57. The third kappa shape index (κ3) is 3.01. The van der Waals surface area contributed by atoms with E-state index in [0.29, 0.717) is 0 Å². The smallest absolute Gasteiger partial charge is 0.421 e. The van der Waals surface area contributed by atoms with E-state index in [1.165, 1.54) is 0 Å². The molecule has 1 aliphatic heterocycles. The van der Waals surface area contributed by atoms with Crippen molar-refractivity contribution in [3.63, 3.8) is 0 Å². The molecule has 1 aliphatic rings. The second-order valence-electron chi connectivity index (χ2n) is 4.57. The molecule has 25 heavy (non-hydrogen) atoms. The Kier molecular flexibility index (Phi) is 3.88. The van der Waals surface area contributed by atoms with Crippen LogP contribution in [0.5, 0.6) is 11.5 Å². The van der Waals surface area contributed by atoms with Gasteiger partial charge in [-0.25, -0.2) is 0 Å². The second kappa shape index (κ2) is 5.78. The molecule has 0 radical (unpaired) electrons. The molecule has 0 bridgehead atoms. The highest BCUT2D eigenvalue weighted by atomic mass is 35.5. The molecule has 8 nitrogen and oxygen atoms in total. The number of tetrazole rings is 1. The van der Waals surface area contributed by atoms with Crippen molar-refractivity contribution >= 4 is 22.9 Å². The topological polar surface area (TPSA) is 109 Å². The number of nitrogens with zero attached hydrogens (tertiary/aromatic N) is 4. The number of hydrogen-bond acceptors (Lipinski definition) is 7. The number of nitrogens with one attached hydrogen (secondary N) is 2. The minimum atomic E-state index is -4.86. The van der Waals surface area contributed by atoms with E-state index < -0.39 is 23.7 Å². The number of ether oxygens (including phenoxy) is 2. The first-order valence-corrected chi connectivity index (χ1v) is 6.69. The van der Waals surface area contributed by atoms with Gasteiger partial charge in [0.15, 0.2) is 11.5 Å². The first kappa shape index (κ1) is 16.8. The molecule has 0 atom stereocenters. The number of aromatic amines is 1. The zero-order valence-electron chi connectivity index (χ0n) is 11.7. The summed E-state index contributed by atoms with van der Waals surface area (Å²) in [7, 11) is 0. The molecule has 1 aromatic carbocycles. The van der Waals surface area contributed by atoms with Gasteiger partial charge < -0.3 is 14.8 Å². The van der Waals surface area contributed by atoms with Crippen LogP contribution in [0.4, 0.5) is 23.2 Å². The van der Waals surface area contributed by atoms with Crippen LogP contribution in [0.3, 0.4) is 0 Å². The normalized spacial score (nSPS) is 17.7. The number of nitriles is 1. The Balaban J connectivity index is 1.91. The van der Waals surface area contributed by atoms with Gasteiger partial charge in [-0.3, -0.25) is 0 Å². The lowest BCUT2D eigenvalue weighted by Gasteiger charge is -2.32. The fourth-order valence-corrected chi connectivity index (χ4v) is 1.98. The van der Waals surface area contributed by atoms with E-state index in [9.17, 15) is 17.6 Å². The Labute approximate surface area is 141 Å². The fraction of sp³-hybridized carbons (Fsp3) is 0.167. The number of halogens is 5. The summed E-state index contributed by atoms with van der Waals surface area (Å²) in [5.74, 6) is -1.35. The van der Waals surface area contributed by atoms with Crippen molar-refractivity contribution in [3.05, 3.63) is 29.2 Å². The van der Waals surface area contributed by atoms with Crippen molar-refractivity contribution in [1.82, 2.24) is 20.6 Å². The maximum Gasteiger partial charge on any atom is 0.507 e. The molecule has 0 saturated heterocycles. The van der Waals surface area contributed by atoms with Gasteiger partial charge in [-0.05, 0) is 5.21 Å². The molecule has 0 aliphatic carbocycles. The Morgan fingerprint density at radius 2 is 1.88 bits per heavy atom. The standard InChI is InChI=1S/C12H5ClF4N6O2/c13-6-1-8-9(25-12(16,17)11(14,15)24-8)2-7(6)19-4-5(3-18)10-20-22-23-21-10/h1-2,4,19H,(H,20,21,22,23). The molecule has 3 rings (SSSR count). The molecule has 130 valence electrons. The van der Waals surface area contributed by atoms with Crippen molar-refractivity contribution in [2.24, 2.45) is 0 Å². The van der Waals surface area contributed by atoms with Gasteiger partial charge in [-0.1, -0.05) is 11.6 Å². The summed E-state index contributed by atoms with van der Waals surface area (Å²) >= 11 is 5.88. The molecule has 0 saturated carbocycles. The van der Waals surface area contributed by atoms with Crippen LogP contribution in [0.25, 0.3) is 5.57 Å². The summed E-state index contributed by atoms with van der Waals surface area (Å²) in [6.07, 6.45) is -8.58. The van der Waals surface area contributed by atoms with Gasteiger partial charge in [-0.15, -0.1) is 10.2 Å². The zero-order valence-corrected chi connectivity index (χ0v) is 12.5. The minimum Gasteiger partial charge on any atom is -0.421 e. The SMILES string of the molecule is N#CC(=CNc1cc2c(cc1Cl)OC(F)(F)C(F)(F)O2)c1nn[nH]n1. The van der Waals surface area contributed by atoms with E-state index in [1.807, 2.05) is 0 Å². The molecule has 2 aromatic rings. The van der Waals surface area contributed by atoms with Gasteiger partial charge in [-0.2, -0.15) is 28.0 Å². The van der Waals surface area contributed by atoms with Crippen LogP contribution in [0, 0.1) is 11.3 Å². The molecule has 0 amide bonds. The highest BCUT2D eigenvalue weighted by molar-refractivity contribution is 6.33. The quantitative estimate of drug-likeness (QED) is 0.626. The van der Waals surface area contributed by atoms with Crippen molar-refractivity contribution in [2.75, 3.05) is 5.32 Å². The number of aromatic nitrogens is 4. The monoisotopic (exact) mass is 376 g/mol. The first-order valence-electron chi connectivity index (χ1n) is 6.31. The molecule has 1 aromatic heterocycles. The molecule has 0 fully saturated rings. The van der Waals surface area contributed by atoms with Crippen LogP contribution in [0.2, 0.25) is 5.02 Å². The van der Waals surface area contributed by atoms with E-state index in [0.717, 1.165) is 18.3 Å². The lowest BCUT2D eigenvalue weighted by molar-refractivity contribution is -0.391. The number of fused-ring (bicyclic) bond motifs is 1. The largest absolute Gasteiger partial charge is 0.507 e. The molecular weight excluding hydrogens is 372 g/mol. The van der Waals surface area contributed by atoms with Crippen molar-refractivity contribution in [3.8, 4) is 17.6 Å². The third-order valence-electron chi connectivity index (χ3n) is 2.93. The van der Waals surface area contributed by atoms with Crippen molar-refractivity contribution in [1.29, 1.82) is 5.26 Å². The summed E-state index contributed by atoms with van der Waals surface area (Å²) in [5, 5.41) is 24.0. The first-order chi connectivity index (χ1) is 11.7. The Morgan fingerprint density at radius 3 is 2.44 bits per heavy atom. The number of alkyl halides is 4. The zero-order chi connectivity index (χ0) is 18.2. The van der Waals surface area contributed by atoms with Gasteiger partial charge in [0.05, 0.1) is 10.7 Å². The third-order valence-corrected chi connectivity index (χ3v) is 3.24. The number of allylic oxidation sites excluding steroid dienone is 1. The fourth-order valence-electron chi connectivity index (χ4n) is 1.77. The highest BCUT2D eigenvalue weighted by Crippen LogP contribution is 2.49. The maximum atomic E-state index is 13.2. The predicted octanol–water partition coefficient (Wildman–Crippen LogP) is 2.79. The van der Waals surface area contributed by atoms with E-state index in [-0.39, 0.29) is 22.1 Å². The van der Waals surface area contributed by atoms with Crippen LogP contribution >= 0.6 is 11.6 Å². The summed E-state index contributed by atoms with van der Waals surface area (Å²) in [6.45, 7) is 0. The van der Waals surface area contributed by atoms with Crippen LogP contribution in [-0.2, 0) is 0 Å². The van der Waals surface area contributed by atoms with Crippen molar-refractivity contribution in [2.45, 2.75) is 12.2 Å². The number of rotatable bonds is 3. The van der Waals surface area contributed by atoms with E-state index in [1.54, 1.807) is 6.07 Å². The number of hydrogen-bond donors (Lipinski definition) is 2. The number of benzene rings is 1. The lowest BCUT2D eigenvalue weighted by atomic mass is 10.2. The van der Waals surface area contributed by atoms with Gasteiger partial charge in [0, 0.05) is 18.3 Å².